The van der Waals surface area contributed by atoms with Crippen LogP contribution in [0.2, 0.25) is 5.28 Å². The van der Waals surface area contributed by atoms with Gasteiger partial charge in [0.25, 0.3) is 0 Å². The molecule has 1 aliphatic rings. The van der Waals surface area contributed by atoms with E-state index in [0.29, 0.717) is 17.9 Å². The number of anilines is 1. The van der Waals surface area contributed by atoms with Gasteiger partial charge in [-0.25, -0.2) is 9.97 Å². The molecule has 1 aromatic rings. The number of nitrogens with two attached hydrogens (primary N) is 1. The highest BCUT2D eigenvalue weighted by atomic mass is 35.5. The Hall–Kier alpha value is -0.580. The van der Waals surface area contributed by atoms with Crippen molar-refractivity contribution in [1.82, 2.24) is 9.97 Å². The molecule has 1 fully saturated rings. The maximum Gasteiger partial charge on any atom is 0.224 e. The predicted octanol–water partition coefficient (Wildman–Crippen LogP) is 1.48. The summed E-state index contributed by atoms with van der Waals surface area (Å²) < 4.78 is 0. The summed E-state index contributed by atoms with van der Waals surface area (Å²) in [4.78, 5) is 10.2. The minimum absolute atomic E-state index is 0. The largest absolute Gasteiger partial charge is 0.352 e. The van der Waals surface area contributed by atoms with Crippen molar-refractivity contribution in [2.24, 2.45) is 5.73 Å². The minimum Gasteiger partial charge on any atom is -0.352 e. The zero-order chi connectivity index (χ0) is 9.97. The lowest BCUT2D eigenvalue weighted by molar-refractivity contribution is 0.671. The van der Waals surface area contributed by atoms with Gasteiger partial charge < -0.3 is 10.6 Å². The molecule has 1 aromatic heterocycles. The molecule has 0 radical (unpaired) electrons. The summed E-state index contributed by atoms with van der Waals surface area (Å²) in [5, 5.41) is 0.296. The van der Waals surface area contributed by atoms with E-state index in [1.807, 2.05) is 6.07 Å². The molecule has 2 rings (SSSR count). The number of rotatable bonds is 2. The van der Waals surface area contributed by atoms with E-state index in [0.717, 1.165) is 18.8 Å². The van der Waals surface area contributed by atoms with E-state index >= 15 is 0 Å². The fraction of sp³-hybridized carbons (Fsp3) is 0.556. The summed E-state index contributed by atoms with van der Waals surface area (Å²) in [5.74, 6) is 0.887. The Morgan fingerprint density at radius 3 is 3.07 bits per heavy atom. The third kappa shape index (κ3) is 2.71. The molecule has 15 heavy (non-hydrogen) atoms. The van der Waals surface area contributed by atoms with Gasteiger partial charge in [0, 0.05) is 25.3 Å². The van der Waals surface area contributed by atoms with E-state index in [-0.39, 0.29) is 12.4 Å². The summed E-state index contributed by atoms with van der Waals surface area (Å²) in [6.07, 6.45) is 3.98. The number of hydrogen-bond donors (Lipinski definition) is 1. The first-order chi connectivity index (χ1) is 6.81. The Morgan fingerprint density at radius 1 is 1.60 bits per heavy atom. The molecule has 1 saturated heterocycles. The van der Waals surface area contributed by atoms with Crippen LogP contribution in [0.3, 0.4) is 0 Å². The molecular formula is C9H14Cl2N4. The predicted molar refractivity (Wildman–Crippen MR) is 63.7 cm³/mol. The van der Waals surface area contributed by atoms with Gasteiger partial charge in [-0.3, -0.25) is 0 Å². The lowest BCUT2D eigenvalue weighted by Gasteiger charge is -2.24. The Kier molecular flexibility index (Phi) is 4.57. The normalized spacial score (nSPS) is 20.1. The number of halogens is 2. The van der Waals surface area contributed by atoms with Crippen LogP contribution in [-0.4, -0.2) is 29.1 Å². The molecule has 0 saturated carbocycles. The van der Waals surface area contributed by atoms with Gasteiger partial charge >= 0.3 is 0 Å². The third-order valence-corrected chi connectivity index (χ3v) is 2.74. The number of nitrogens with zero attached hydrogens (tertiary/aromatic N) is 3. The van der Waals surface area contributed by atoms with Crippen LogP contribution in [0, 0.1) is 0 Å². The monoisotopic (exact) mass is 248 g/mol. The molecule has 0 spiro atoms. The van der Waals surface area contributed by atoms with Crippen LogP contribution in [0.15, 0.2) is 12.3 Å². The van der Waals surface area contributed by atoms with E-state index in [4.69, 9.17) is 17.3 Å². The molecule has 0 bridgehead atoms. The second-order valence-electron chi connectivity index (χ2n) is 3.41. The molecule has 2 N–H and O–H groups in total. The van der Waals surface area contributed by atoms with Crippen molar-refractivity contribution >= 4 is 29.8 Å². The van der Waals surface area contributed by atoms with E-state index in [1.54, 1.807) is 6.20 Å². The van der Waals surface area contributed by atoms with Gasteiger partial charge in [0.05, 0.1) is 0 Å². The van der Waals surface area contributed by atoms with Crippen LogP contribution < -0.4 is 10.6 Å². The molecule has 1 unspecified atom stereocenters. The highest BCUT2D eigenvalue weighted by Crippen LogP contribution is 2.23. The van der Waals surface area contributed by atoms with Crippen LogP contribution in [-0.2, 0) is 0 Å². The SMILES string of the molecule is Cl.NCC1CCCN1c1ccnc(Cl)n1. The molecule has 84 valence electrons. The van der Waals surface area contributed by atoms with Crippen molar-refractivity contribution in [2.45, 2.75) is 18.9 Å². The molecular weight excluding hydrogens is 235 g/mol. The van der Waals surface area contributed by atoms with Gasteiger partial charge in [0.2, 0.25) is 5.28 Å². The molecule has 1 atom stereocenters. The molecule has 0 aromatic carbocycles. The van der Waals surface area contributed by atoms with Crippen LogP contribution in [0.25, 0.3) is 0 Å². The van der Waals surface area contributed by atoms with Crippen molar-refractivity contribution in [2.75, 3.05) is 18.0 Å². The fourth-order valence-corrected chi connectivity index (χ4v) is 2.01. The third-order valence-electron chi connectivity index (χ3n) is 2.55. The standard InChI is InChI=1S/C9H13ClN4.ClH/c10-9-12-4-3-8(13-9)14-5-1-2-7(14)6-11;/h3-4,7H,1-2,5-6,11H2;1H. The summed E-state index contributed by atoms with van der Waals surface area (Å²) >= 11 is 5.73. The molecule has 2 heterocycles. The van der Waals surface area contributed by atoms with Crippen molar-refractivity contribution in [3.05, 3.63) is 17.5 Å². The Balaban J connectivity index is 0.00000112. The second kappa shape index (κ2) is 5.49. The second-order valence-corrected chi connectivity index (χ2v) is 3.75. The van der Waals surface area contributed by atoms with E-state index < -0.39 is 0 Å². The average Bonchev–Trinajstić information content (AvgIpc) is 2.65. The molecule has 6 heteroatoms. The summed E-state index contributed by atoms with van der Waals surface area (Å²) in [5.41, 5.74) is 5.68. The van der Waals surface area contributed by atoms with Gasteiger partial charge in [-0.15, -0.1) is 12.4 Å². The average molecular weight is 249 g/mol. The van der Waals surface area contributed by atoms with Crippen LogP contribution in [0.5, 0.6) is 0 Å². The minimum atomic E-state index is 0. The van der Waals surface area contributed by atoms with Crippen LogP contribution in [0.1, 0.15) is 12.8 Å². The summed E-state index contributed by atoms with van der Waals surface area (Å²) in [6, 6.07) is 2.28. The van der Waals surface area contributed by atoms with E-state index in [1.165, 1.54) is 6.42 Å². The number of aromatic nitrogens is 2. The van der Waals surface area contributed by atoms with Crippen LogP contribution >= 0.6 is 24.0 Å². The maximum absolute atomic E-state index is 5.73. The molecule has 4 nitrogen and oxygen atoms in total. The van der Waals surface area contributed by atoms with Gasteiger partial charge in [0.15, 0.2) is 0 Å². The zero-order valence-electron chi connectivity index (χ0n) is 8.27. The molecule has 1 aliphatic heterocycles. The topological polar surface area (TPSA) is 55.0 Å². The van der Waals surface area contributed by atoms with Crippen LogP contribution in [0.4, 0.5) is 5.82 Å². The van der Waals surface area contributed by atoms with Gasteiger partial charge in [-0.2, -0.15) is 0 Å². The first kappa shape index (κ1) is 12.5. The molecule has 0 aliphatic carbocycles. The van der Waals surface area contributed by atoms with Gasteiger partial charge in [0.1, 0.15) is 5.82 Å². The molecule has 0 amide bonds. The quantitative estimate of drug-likeness (QED) is 0.806. The Bertz CT molecular complexity index is 321. The van der Waals surface area contributed by atoms with Crippen molar-refractivity contribution in [3.63, 3.8) is 0 Å². The van der Waals surface area contributed by atoms with Gasteiger partial charge in [-0.1, -0.05) is 0 Å². The van der Waals surface area contributed by atoms with Gasteiger partial charge in [-0.05, 0) is 30.5 Å². The zero-order valence-corrected chi connectivity index (χ0v) is 9.84. The smallest absolute Gasteiger partial charge is 0.224 e. The lowest BCUT2D eigenvalue weighted by Crippen LogP contribution is -2.35. The van der Waals surface area contributed by atoms with E-state index in [2.05, 4.69) is 14.9 Å². The lowest BCUT2D eigenvalue weighted by atomic mass is 10.2. The summed E-state index contributed by atoms with van der Waals surface area (Å²) in [7, 11) is 0. The Morgan fingerprint density at radius 2 is 2.40 bits per heavy atom. The van der Waals surface area contributed by atoms with Crippen molar-refractivity contribution in [3.8, 4) is 0 Å². The summed E-state index contributed by atoms with van der Waals surface area (Å²) in [6.45, 7) is 1.68. The first-order valence-corrected chi connectivity index (χ1v) is 5.14. The first-order valence-electron chi connectivity index (χ1n) is 4.76. The maximum atomic E-state index is 5.73. The van der Waals surface area contributed by atoms with Crippen molar-refractivity contribution < 1.29 is 0 Å². The Labute approximate surface area is 100 Å². The highest BCUT2D eigenvalue weighted by Gasteiger charge is 2.24. The highest BCUT2D eigenvalue weighted by molar-refractivity contribution is 6.28. The van der Waals surface area contributed by atoms with Crippen molar-refractivity contribution in [1.29, 1.82) is 0 Å². The number of hydrogen-bond acceptors (Lipinski definition) is 4. The fourth-order valence-electron chi connectivity index (χ4n) is 1.87. The van der Waals surface area contributed by atoms with E-state index in [9.17, 15) is 0 Å².